The molecule has 2 nitrogen and oxygen atoms in total. The maximum Gasteiger partial charge on any atom is 0.0940 e. The Morgan fingerprint density at radius 3 is 2.12 bits per heavy atom. The van der Waals surface area contributed by atoms with E-state index in [1.807, 2.05) is 19.1 Å². The number of benzene rings is 1. The average Bonchev–Trinajstić information content (AvgIpc) is 2.15. The number of halogens is 1. The van der Waals surface area contributed by atoms with E-state index in [1.165, 1.54) is 0 Å². The molecule has 2 N–H and O–H groups in total. The van der Waals surface area contributed by atoms with Crippen molar-refractivity contribution < 1.29 is 5.11 Å². The minimum absolute atomic E-state index is 0.00109. The number of nitrogens with one attached hydrogen (secondary N) is 1. The molecular formula is C13H20ClNO. The second-order valence-corrected chi connectivity index (χ2v) is 5.62. The van der Waals surface area contributed by atoms with Gasteiger partial charge in [-0.3, -0.25) is 0 Å². The minimum atomic E-state index is -0.517. The fraction of sp³-hybridized carbons (Fsp3) is 0.538. The summed E-state index contributed by atoms with van der Waals surface area (Å²) in [7, 11) is 0. The molecule has 0 spiro atoms. The van der Waals surface area contributed by atoms with Crippen LogP contribution >= 0.6 is 11.6 Å². The van der Waals surface area contributed by atoms with Gasteiger partial charge in [-0.15, -0.1) is 0 Å². The van der Waals surface area contributed by atoms with Crippen LogP contribution in [0.25, 0.3) is 0 Å². The highest BCUT2D eigenvalue weighted by Crippen LogP contribution is 2.20. The third kappa shape index (κ3) is 4.12. The number of rotatable bonds is 3. The van der Waals surface area contributed by atoms with Gasteiger partial charge in [0.05, 0.1) is 6.10 Å². The van der Waals surface area contributed by atoms with Crippen LogP contribution < -0.4 is 5.32 Å². The Kier molecular flexibility index (Phi) is 4.36. The van der Waals surface area contributed by atoms with E-state index in [-0.39, 0.29) is 11.6 Å². The zero-order valence-electron chi connectivity index (χ0n) is 10.3. The molecule has 0 aliphatic heterocycles. The predicted octanol–water partition coefficient (Wildman–Crippen LogP) is 3.15. The van der Waals surface area contributed by atoms with Crippen LogP contribution in [0.5, 0.6) is 0 Å². The SMILES string of the molecule is C[C@H](NC(C)(C)C)[C@H](O)c1ccc(Cl)cc1. The van der Waals surface area contributed by atoms with Crippen molar-refractivity contribution in [1.29, 1.82) is 0 Å². The van der Waals surface area contributed by atoms with Gasteiger partial charge in [-0.2, -0.15) is 0 Å². The molecular weight excluding hydrogens is 222 g/mol. The summed E-state index contributed by atoms with van der Waals surface area (Å²) in [4.78, 5) is 0. The van der Waals surface area contributed by atoms with E-state index in [0.717, 1.165) is 5.56 Å². The van der Waals surface area contributed by atoms with Gasteiger partial charge in [-0.05, 0) is 45.4 Å². The Hall–Kier alpha value is -0.570. The number of hydrogen-bond acceptors (Lipinski definition) is 2. The number of aliphatic hydroxyl groups is 1. The van der Waals surface area contributed by atoms with Crippen LogP contribution in [0.2, 0.25) is 5.02 Å². The van der Waals surface area contributed by atoms with E-state index in [9.17, 15) is 5.11 Å². The molecule has 0 saturated heterocycles. The van der Waals surface area contributed by atoms with Gasteiger partial charge < -0.3 is 10.4 Å². The molecule has 0 aromatic heterocycles. The van der Waals surface area contributed by atoms with E-state index in [2.05, 4.69) is 26.1 Å². The molecule has 0 fully saturated rings. The highest BCUT2D eigenvalue weighted by atomic mass is 35.5. The van der Waals surface area contributed by atoms with Gasteiger partial charge in [0.2, 0.25) is 0 Å². The molecule has 0 heterocycles. The fourth-order valence-electron chi connectivity index (χ4n) is 1.71. The molecule has 0 aliphatic carbocycles. The van der Waals surface area contributed by atoms with Crippen molar-refractivity contribution in [3.8, 4) is 0 Å². The summed E-state index contributed by atoms with van der Waals surface area (Å²) in [5.74, 6) is 0. The molecule has 16 heavy (non-hydrogen) atoms. The summed E-state index contributed by atoms with van der Waals surface area (Å²) in [6.07, 6.45) is -0.517. The molecule has 90 valence electrons. The van der Waals surface area contributed by atoms with Gasteiger partial charge in [0.15, 0.2) is 0 Å². The van der Waals surface area contributed by atoms with Crippen LogP contribution in [0.15, 0.2) is 24.3 Å². The lowest BCUT2D eigenvalue weighted by Gasteiger charge is -2.29. The van der Waals surface area contributed by atoms with Gasteiger partial charge in [0.25, 0.3) is 0 Å². The average molecular weight is 242 g/mol. The van der Waals surface area contributed by atoms with Crippen molar-refractivity contribution in [2.24, 2.45) is 0 Å². The predicted molar refractivity (Wildman–Crippen MR) is 68.8 cm³/mol. The van der Waals surface area contributed by atoms with Crippen molar-refractivity contribution in [3.63, 3.8) is 0 Å². The molecule has 0 saturated carbocycles. The normalized spacial score (nSPS) is 15.9. The van der Waals surface area contributed by atoms with E-state index in [1.54, 1.807) is 12.1 Å². The Balaban J connectivity index is 2.70. The Labute approximate surface area is 103 Å². The number of hydrogen-bond donors (Lipinski definition) is 2. The molecule has 1 aromatic carbocycles. The zero-order valence-corrected chi connectivity index (χ0v) is 11.0. The van der Waals surface area contributed by atoms with Crippen LogP contribution in [0.4, 0.5) is 0 Å². The highest BCUT2D eigenvalue weighted by Gasteiger charge is 2.21. The molecule has 0 radical (unpaired) electrons. The lowest BCUT2D eigenvalue weighted by molar-refractivity contribution is 0.121. The fourth-order valence-corrected chi connectivity index (χ4v) is 1.84. The molecule has 1 aromatic rings. The topological polar surface area (TPSA) is 32.3 Å². The van der Waals surface area contributed by atoms with Crippen LogP contribution in [0, 0.1) is 0 Å². The van der Waals surface area contributed by atoms with Gasteiger partial charge in [0.1, 0.15) is 0 Å². The second kappa shape index (κ2) is 5.17. The van der Waals surface area contributed by atoms with Gasteiger partial charge >= 0.3 is 0 Å². The van der Waals surface area contributed by atoms with E-state index in [4.69, 9.17) is 11.6 Å². The third-order valence-electron chi connectivity index (χ3n) is 2.35. The van der Waals surface area contributed by atoms with Crippen LogP contribution in [-0.2, 0) is 0 Å². The Morgan fingerprint density at radius 1 is 1.19 bits per heavy atom. The summed E-state index contributed by atoms with van der Waals surface area (Å²) in [5.41, 5.74) is 0.876. The maximum atomic E-state index is 10.1. The maximum absolute atomic E-state index is 10.1. The molecule has 0 amide bonds. The molecule has 0 unspecified atom stereocenters. The summed E-state index contributed by atoms with van der Waals surface area (Å²) in [6, 6.07) is 7.30. The van der Waals surface area contributed by atoms with Gasteiger partial charge in [-0.1, -0.05) is 23.7 Å². The summed E-state index contributed by atoms with van der Waals surface area (Å²) in [6.45, 7) is 8.22. The summed E-state index contributed by atoms with van der Waals surface area (Å²) in [5, 5.41) is 14.2. The first kappa shape index (κ1) is 13.5. The standard InChI is InChI=1S/C13H20ClNO/c1-9(15-13(2,3)4)12(16)10-5-7-11(14)8-6-10/h5-9,12,15-16H,1-4H3/t9-,12-/m0/s1. The molecule has 2 atom stereocenters. The van der Waals surface area contributed by atoms with E-state index >= 15 is 0 Å². The van der Waals surface area contributed by atoms with Crippen molar-refractivity contribution in [1.82, 2.24) is 5.32 Å². The Bertz CT molecular complexity index is 329. The van der Waals surface area contributed by atoms with Gasteiger partial charge in [-0.25, -0.2) is 0 Å². The molecule has 3 heteroatoms. The summed E-state index contributed by atoms with van der Waals surface area (Å²) < 4.78 is 0. The van der Waals surface area contributed by atoms with Crippen molar-refractivity contribution in [2.45, 2.75) is 45.4 Å². The van der Waals surface area contributed by atoms with E-state index < -0.39 is 6.10 Å². The highest BCUT2D eigenvalue weighted by molar-refractivity contribution is 6.30. The number of aliphatic hydroxyl groups excluding tert-OH is 1. The van der Waals surface area contributed by atoms with Crippen LogP contribution in [0.1, 0.15) is 39.4 Å². The van der Waals surface area contributed by atoms with Crippen LogP contribution in [0.3, 0.4) is 0 Å². The van der Waals surface area contributed by atoms with Crippen molar-refractivity contribution in [2.75, 3.05) is 0 Å². The summed E-state index contributed by atoms with van der Waals surface area (Å²) >= 11 is 5.81. The first-order chi connectivity index (χ1) is 7.29. The monoisotopic (exact) mass is 241 g/mol. The van der Waals surface area contributed by atoms with Gasteiger partial charge in [0, 0.05) is 16.6 Å². The zero-order chi connectivity index (χ0) is 12.3. The first-order valence-corrected chi connectivity index (χ1v) is 5.88. The largest absolute Gasteiger partial charge is 0.387 e. The molecule has 0 bridgehead atoms. The first-order valence-electron chi connectivity index (χ1n) is 5.51. The quantitative estimate of drug-likeness (QED) is 0.852. The lowest BCUT2D eigenvalue weighted by Crippen LogP contribution is -2.44. The second-order valence-electron chi connectivity index (χ2n) is 5.18. The van der Waals surface area contributed by atoms with Crippen LogP contribution in [-0.4, -0.2) is 16.7 Å². The molecule has 1 rings (SSSR count). The third-order valence-corrected chi connectivity index (χ3v) is 2.60. The van der Waals surface area contributed by atoms with Crippen molar-refractivity contribution in [3.05, 3.63) is 34.9 Å². The lowest BCUT2D eigenvalue weighted by atomic mass is 10.00. The Morgan fingerprint density at radius 2 is 1.69 bits per heavy atom. The molecule has 0 aliphatic rings. The minimum Gasteiger partial charge on any atom is -0.387 e. The van der Waals surface area contributed by atoms with Crippen molar-refractivity contribution >= 4 is 11.6 Å². The van der Waals surface area contributed by atoms with E-state index in [0.29, 0.717) is 5.02 Å². The smallest absolute Gasteiger partial charge is 0.0940 e.